The van der Waals surface area contributed by atoms with Gasteiger partial charge in [0, 0.05) is 10.6 Å². The molecule has 0 fully saturated rings. The lowest BCUT2D eigenvalue weighted by molar-refractivity contribution is 0.423. The van der Waals surface area contributed by atoms with Crippen molar-refractivity contribution in [1.29, 1.82) is 0 Å². The minimum absolute atomic E-state index is 0.422. The van der Waals surface area contributed by atoms with Gasteiger partial charge >= 0.3 is 0 Å². The Balaban J connectivity index is 2.34. The van der Waals surface area contributed by atoms with E-state index >= 15 is 0 Å². The molecule has 1 unspecified atom stereocenters. The molecule has 4 heteroatoms. The predicted octanol–water partition coefficient (Wildman–Crippen LogP) is 3.70. The van der Waals surface area contributed by atoms with Crippen LogP contribution in [0.3, 0.4) is 0 Å². The van der Waals surface area contributed by atoms with Crippen LogP contribution >= 0.6 is 11.6 Å². The Hall–Kier alpha value is -1.32. The minimum Gasteiger partial charge on any atom is -0.340 e. The van der Waals surface area contributed by atoms with Gasteiger partial charge in [-0.15, -0.1) is 0 Å². The van der Waals surface area contributed by atoms with Gasteiger partial charge in [-0.1, -0.05) is 43.1 Å². The van der Waals surface area contributed by atoms with Crippen LogP contribution in [0.15, 0.2) is 30.5 Å². The van der Waals surface area contributed by atoms with Gasteiger partial charge in [-0.25, -0.2) is 4.98 Å². The van der Waals surface area contributed by atoms with Crippen molar-refractivity contribution in [2.75, 3.05) is 0 Å². The van der Waals surface area contributed by atoms with E-state index in [2.05, 4.69) is 16.9 Å². The summed E-state index contributed by atoms with van der Waals surface area (Å²) in [5.74, 6) is 0.805. The maximum Gasteiger partial charge on any atom is 0.126 e. The van der Waals surface area contributed by atoms with E-state index in [1.165, 1.54) is 0 Å². The lowest BCUT2D eigenvalue weighted by Gasteiger charge is -2.21. The lowest BCUT2D eigenvalue weighted by Crippen LogP contribution is -2.34. The zero-order valence-electron chi connectivity index (χ0n) is 10.7. The molecule has 0 aliphatic heterocycles. The standard InChI is InChI=1S/C14H18ClN3/c1-3-8-14(2,16)13-17-9-12(18-13)10-6-4-5-7-11(10)15/h4-7,9H,3,8,16H2,1-2H3,(H,17,18). The Labute approximate surface area is 112 Å². The Bertz CT molecular complexity index is 531. The first-order chi connectivity index (χ1) is 8.54. The highest BCUT2D eigenvalue weighted by Crippen LogP contribution is 2.28. The van der Waals surface area contributed by atoms with E-state index in [4.69, 9.17) is 17.3 Å². The van der Waals surface area contributed by atoms with Gasteiger partial charge in [0.2, 0.25) is 0 Å². The normalized spacial score (nSPS) is 14.4. The third kappa shape index (κ3) is 2.57. The van der Waals surface area contributed by atoms with E-state index in [0.717, 1.165) is 29.9 Å². The number of hydrogen-bond acceptors (Lipinski definition) is 2. The molecule has 0 saturated heterocycles. The number of benzene rings is 1. The maximum absolute atomic E-state index is 6.25. The van der Waals surface area contributed by atoms with Crippen LogP contribution in [0, 0.1) is 0 Å². The molecular formula is C14H18ClN3. The second kappa shape index (κ2) is 5.12. The zero-order valence-corrected chi connectivity index (χ0v) is 11.5. The Kier molecular flexibility index (Phi) is 3.73. The summed E-state index contributed by atoms with van der Waals surface area (Å²) in [5, 5.41) is 0.710. The number of nitrogens with one attached hydrogen (secondary N) is 1. The molecule has 1 aromatic heterocycles. The van der Waals surface area contributed by atoms with Crippen molar-refractivity contribution < 1.29 is 0 Å². The van der Waals surface area contributed by atoms with Crippen LogP contribution in [0.1, 0.15) is 32.5 Å². The third-order valence-electron chi connectivity index (χ3n) is 3.05. The van der Waals surface area contributed by atoms with Crippen molar-refractivity contribution in [3.8, 4) is 11.3 Å². The second-order valence-corrected chi connectivity index (χ2v) is 5.20. The summed E-state index contributed by atoms with van der Waals surface area (Å²) < 4.78 is 0. The van der Waals surface area contributed by atoms with Crippen LogP contribution in [-0.2, 0) is 5.54 Å². The zero-order chi connectivity index (χ0) is 13.2. The summed E-state index contributed by atoms with van der Waals surface area (Å²) in [4.78, 5) is 7.66. The molecule has 0 bridgehead atoms. The molecular weight excluding hydrogens is 246 g/mol. The number of nitrogens with two attached hydrogens (primary N) is 1. The highest BCUT2D eigenvalue weighted by molar-refractivity contribution is 6.33. The van der Waals surface area contributed by atoms with Crippen LogP contribution in [-0.4, -0.2) is 9.97 Å². The average molecular weight is 264 g/mol. The molecule has 2 aromatic rings. The number of nitrogens with zero attached hydrogens (tertiary/aromatic N) is 1. The van der Waals surface area contributed by atoms with Gasteiger partial charge < -0.3 is 10.7 Å². The Morgan fingerprint density at radius 2 is 2.11 bits per heavy atom. The van der Waals surface area contributed by atoms with Gasteiger partial charge in [0.25, 0.3) is 0 Å². The van der Waals surface area contributed by atoms with E-state index in [0.29, 0.717) is 5.02 Å². The molecule has 0 amide bonds. The van der Waals surface area contributed by atoms with E-state index in [-0.39, 0.29) is 0 Å². The number of H-pyrrole nitrogens is 1. The van der Waals surface area contributed by atoms with Crippen molar-refractivity contribution in [1.82, 2.24) is 9.97 Å². The number of rotatable bonds is 4. The Morgan fingerprint density at radius 3 is 2.78 bits per heavy atom. The SMILES string of the molecule is CCCC(C)(N)c1ncc(-c2ccccc2Cl)[nH]1. The van der Waals surface area contributed by atoms with E-state index in [9.17, 15) is 0 Å². The van der Waals surface area contributed by atoms with Crippen LogP contribution < -0.4 is 5.73 Å². The first-order valence-corrected chi connectivity index (χ1v) is 6.51. The number of halogens is 1. The smallest absolute Gasteiger partial charge is 0.126 e. The number of aromatic amines is 1. The molecule has 0 spiro atoms. The molecule has 18 heavy (non-hydrogen) atoms. The molecule has 3 nitrogen and oxygen atoms in total. The Morgan fingerprint density at radius 1 is 1.39 bits per heavy atom. The molecule has 1 aromatic carbocycles. The van der Waals surface area contributed by atoms with Crippen molar-refractivity contribution >= 4 is 11.6 Å². The summed E-state index contributed by atoms with van der Waals surface area (Å²) in [6.45, 7) is 4.11. The summed E-state index contributed by atoms with van der Waals surface area (Å²) in [5.41, 5.74) is 7.68. The van der Waals surface area contributed by atoms with Gasteiger partial charge in [0.05, 0.1) is 17.4 Å². The summed E-state index contributed by atoms with van der Waals surface area (Å²) >= 11 is 6.16. The lowest BCUT2D eigenvalue weighted by atomic mass is 9.97. The fourth-order valence-electron chi connectivity index (χ4n) is 2.07. The summed E-state index contributed by atoms with van der Waals surface area (Å²) in [6.07, 6.45) is 3.70. The average Bonchev–Trinajstić information content (AvgIpc) is 2.79. The van der Waals surface area contributed by atoms with Crippen molar-refractivity contribution in [3.05, 3.63) is 41.3 Å². The first-order valence-electron chi connectivity index (χ1n) is 6.14. The van der Waals surface area contributed by atoms with Gasteiger partial charge in [-0.05, 0) is 19.4 Å². The highest BCUT2D eigenvalue weighted by atomic mass is 35.5. The molecule has 0 aliphatic rings. The van der Waals surface area contributed by atoms with E-state index in [1.807, 2.05) is 31.2 Å². The van der Waals surface area contributed by atoms with Crippen LogP contribution in [0.5, 0.6) is 0 Å². The summed E-state index contributed by atoms with van der Waals surface area (Å²) in [7, 11) is 0. The second-order valence-electron chi connectivity index (χ2n) is 4.79. The van der Waals surface area contributed by atoms with Gasteiger partial charge in [-0.2, -0.15) is 0 Å². The predicted molar refractivity (Wildman–Crippen MR) is 75.5 cm³/mol. The number of aromatic nitrogens is 2. The van der Waals surface area contributed by atoms with Crippen LogP contribution in [0.2, 0.25) is 5.02 Å². The van der Waals surface area contributed by atoms with Gasteiger partial charge in [-0.3, -0.25) is 0 Å². The number of hydrogen-bond donors (Lipinski definition) is 2. The van der Waals surface area contributed by atoms with Crippen molar-refractivity contribution in [2.45, 2.75) is 32.2 Å². The summed E-state index contributed by atoms with van der Waals surface area (Å²) in [6, 6.07) is 7.70. The van der Waals surface area contributed by atoms with Crippen molar-refractivity contribution in [3.63, 3.8) is 0 Å². The largest absolute Gasteiger partial charge is 0.340 e. The quantitative estimate of drug-likeness (QED) is 0.884. The minimum atomic E-state index is -0.422. The van der Waals surface area contributed by atoms with E-state index in [1.54, 1.807) is 6.20 Å². The topological polar surface area (TPSA) is 54.7 Å². The van der Waals surface area contributed by atoms with Crippen LogP contribution in [0.4, 0.5) is 0 Å². The van der Waals surface area contributed by atoms with Gasteiger partial charge in [0.1, 0.15) is 5.82 Å². The van der Waals surface area contributed by atoms with Crippen LogP contribution in [0.25, 0.3) is 11.3 Å². The molecule has 1 atom stereocenters. The molecule has 2 rings (SSSR count). The first kappa shape index (κ1) is 13.1. The van der Waals surface area contributed by atoms with E-state index < -0.39 is 5.54 Å². The maximum atomic E-state index is 6.25. The fourth-order valence-corrected chi connectivity index (χ4v) is 2.30. The fraction of sp³-hybridized carbons (Fsp3) is 0.357. The monoisotopic (exact) mass is 263 g/mol. The molecule has 3 N–H and O–H groups in total. The van der Waals surface area contributed by atoms with Gasteiger partial charge in [0.15, 0.2) is 0 Å². The molecule has 0 aliphatic carbocycles. The molecule has 0 radical (unpaired) electrons. The molecule has 1 heterocycles. The highest BCUT2D eigenvalue weighted by Gasteiger charge is 2.23. The third-order valence-corrected chi connectivity index (χ3v) is 3.38. The molecule has 96 valence electrons. The number of imidazole rings is 1. The molecule has 0 saturated carbocycles. The van der Waals surface area contributed by atoms with Crippen molar-refractivity contribution in [2.24, 2.45) is 5.73 Å².